The van der Waals surface area contributed by atoms with Crippen LogP contribution in [0, 0.1) is 0 Å². The molecule has 0 aliphatic rings. The number of hydrogen-bond donors (Lipinski definition) is 1. The normalized spacial score (nSPS) is 12.3. The third-order valence-corrected chi connectivity index (χ3v) is 4.76. The molecule has 2 rings (SSSR count). The third-order valence-electron chi connectivity index (χ3n) is 2.84. The first-order valence-corrected chi connectivity index (χ1v) is 8.67. The molecule has 0 unspecified atom stereocenters. The number of benzene rings is 2. The summed E-state index contributed by atoms with van der Waals surface area (Å²) in [5, 5.41) is 5.30. The van der Waals surface area contributed by atoms with Crippen LogP contribution in [-0.2, 0) is 4.79 Å². The van der Waals surface area contributed by atoms with Crippen molar-refractivity contribution in [3.63, 3.8) is 0 Å². The summed E-state index contributed by atoms with van der Waals surface area (Å²) in [7, 11) is 0. The fourth-order valence-electron chi connectivity index (χ4n) is 1.63. The van der Waals surface area contributed by atoms with Gasteiger partial charge < -0.3 is 0 Å². The minimum absolute atomic E-state index is 0.203. The minimum Gasteiger partial charge on any atom is -0.272 e. The van der Waals surface area contributed by atoms with Gasteiger partial charge in [0, 0.05) is 20.5 Å². The third kappa shape index (κ3) is 5.74. The number of carbonyl (C=O) groups excluding carboxylic acids is 1. The topological polar surface area (TPSA) is 41.5 Å². The Morgan fingerprint density at radius 3 is 2.43 bits per heavy atom. The van der Waals surface area contributed by atoms with Crippen LogP contribution in [0.1, 0.15) is 12.5 Å². The summed E-state index contributed by atoms with van der Waals surface area (Å²) < 4.78 is 0. The minimum atomic E-state index is -0.297. The summed E-state index contributed by atoms with van der Waals surface area (Å²) >= 11 is 19.1. The fraction of sp³-hybridized carbons (Fsp3) is 0.125. The van der Waals surface area contributed by atoms with Crippen LogP contribution in [0.5, 0.6) is 0 Å². The lowest BCUT2D eigenvalue weighted by atomic mass is 10.2. The molecule has 0 heterocycles. The van der Waals surface area contributed by atoms with Crippen molar-refractivity contribution in [3.8, 4) is 0 Å². The van der Waals surface area contributed by atoms with Crippen molar-refractivity contribution in [1.82, 2.24) is 5.43 Å². The number of halogens is 3. The smallest absolute Gasteiger partial charge is 0.253 e. The van der Waals surface area contributed by atoms with Gasteiger partial charge in [-0.05, 0) is 43.3 Å². The Balaban J connectivity index is 1.90. The number of rotatable bonds is 5. The van der Waals surface area contributed by atoms with Crippen LogP contribution >= 0.6 is 46.6 Å². The number of amides is 1. The van der Waals surface area contributed by atoms with E-state index in [1.165, 1.54) is 18.0 Å². The maximum Gasteiger partial charge on any atom is 0.253 e. The zero-order chi connectivity index (χ0) is 16.8. The summed E-state index contributed by atoms with van der Waals surface area (Å²) in [5.74, 6) is -0.203. The molecule has 2 aromatic carbocycles. The second kappa shape index (κ2) is 8.60. The van der Waals surface area contributed by atoms with Crippen molar-refractivity contribution >= 4 is 58.7 Å². The largest absolute Gasteiger partial charge is 0.272 e. The zero-order valence-corrected chi connectivity index (χ0v) is 15.2. The highest BCUT2D eigenvalue weighted by Crippen LogP contribution is 2.24. The molecular weight excluding hydrogens is 375 g/mol. The number of hydrazone groups is 1. The van der Waals surface area contributed by atoms with Crippen LogP contribution < -0.4 is 5.43 Å². The molecule has 0 spiro atoms. The molecule has 0 fully saturated rings. The molecule has 1 atom stereocenters. The molecular formula is C16H13Cl3N2OS. The Labute approximate surface area is 154 Å². The quantitative estimate of drug-likeness (QED) is 0.431. The lowest BCUT2D eigenvalue weighted by molar-refractivity contribution is -0.120. The summed E-state index contributed by atoms with van der Waals surface area (Å²) in [6.07, 6.45) is 1.48. The first-order valence-electron chi connectivity index (χ1n) is 6.66. The highest BCUT2D eigenvalue weighted by Gasteiger charge is 2.13. The van der Waals surface area contributed by atoms with E-state index in [0.717, 1.165) is 4.90 Å². The van der Waals surface area contributed by atoms with E-state index in [0.29, 0.717) is 20.6 Å². The van der Waals surface area contributed by atoms with Crippen molar-refractivity contribution in [3.05, 3.63) is 63.1 Å². The number of nitrogens with zero attached hydrogens (tertiary/aromatic N) is 1. The molecule has 1 N–H and O–H groups in total. The molecule has 0 aliphatic carbocycles. The van der Waals surface area contributed by atoms with Crippen molar-refractivity contribution in [2.75, 3.05) is 0 Å². The van der Waals surface area contributed by atoms with E-state index in [-0.39, 0.29) is 11.2 Å². The molecule has 0 aromatic heterocycles. The molecule has 0 bridgehead atoms. The van der Waals surface area contributed by atoms with Gasteiger partial charge in [-0.15, -0.1) is 11.8 Å². The first kappa shape index (κ1) is 18.1. The van der Waals surface area contributed by atoms with Gasteiger partial charge >= 0.3 is 0 Å². The van der Waals surface area contributed by atoms with E-state index >= 15 is 0 Å². The Kier molecular flexibility index (Phi) is 6.78. The Morgan fingerprint density at radius 1 is 1.13 bits per heavy atom. The molecule has 0 saturated carbocycles. The van der Waals surface area contributed by atoms with Crippen LogP contribution in [-0.4, -0.2) is 17.4 Å². The van der Waals surface area contributed by atoms with Gasteiger partial charge in [0.15, 0.2) is 0 Å². The lowest BCUT2D eigenvalue weighted by Crippen LogP contribution is -2.26. The van der Waals surface area contributed by atoms with Crippen LogP contribution in [0.4, 0.5) is 0 Å². The van der Waals surface area contributed by atoms with Crippen LogP contribution in [0.15, 0.2) is 52.5 Å². The van der Waals surface area contributed by atoms with Crippen molar-refractivity contribution in [2.45, 2.75) is 17.1 Å². The van der Waals surface area contributed by atoms with Gasteiger partial charge in [0.25, 0.3) is 5.91 Å². The van der Waals surface area contributed by atoms with E-state index in [2.05, 4.69) is 10.5 Å². The summed E-state index contributed by atoms with van der Waals surface area (Å²) in [5.41, 5.74) is 3.17. The van der Waals surface area contributed by atoms with Gasteiger partial charge in [0.05, 0.1) is 16.5 Å². The van der Waals surface area contributed by atoms with E-state index in [1.807, 2.05) is 12.1 Å². The molecule has 3 nitrogen and oxygen atoms in total. The van der Waals surface area contributed by atoms with E-state index in [1.54, 1.807) is 37.3 Å². The standard InChI is InChI=1S/C16H13Cl3N2OS/c1-10(23-14-6-4-12(17)5-7-14)16(22)21-20-9-11-2-3-13(18)8-15(11)19/h2-10H,1H3,(H,21,22)/b20-9-/t10-/m1/s1. The molecule has 0 saturated heterocycles. The molecule has 2 aromatic rings. The van der Waals surface area contributed by atoms with Crippen molar-refractivity contribution < 1.29 is 4.79 Å². The molecule has 120 valence electrons. The molecule has 0 radical (unpaired) electrons. The van der Waals surface area contributed by atoms with Gasteiger partial charge in [-0.1, -0.05) is 40.9 Å². The molecule has 7 heteroatoms. The number of thioether (sulfide) groups is 1. The Bertz CT molecular complexity index is 720. The van der Waals surface area contributed by atoms with Gasteiger partial charge in [0.1, 0.15) is 0 Å². The highest BCUT2D eigenvalue weighted by molar-refractivity contribution is 8.00. The fourth-order valence-corrected chi connectivity index (χ4v) is 3.08. The SMILES string of the molecule is C[C@@H](Sc1ccc(Cl)cc1)C(=O)N/N=C\c1ccc(Cl)cc1Cl. The van der Waals surface area contributed by atoms with Crippen LogP contribution in [0.2, 0.25) is 15.1 Å². The monoisotopic (exact) mass is 386 g/mol. The highest BCUT2D eigenvalue weighted by atomic mass is 35.5. The van der Waals surface area contributed by atoms with Crippen LogP contribution in [0.3, 0.4) is 0 Å². The van der Waals surface area contributed by atoms with E-state index in [9.17, 15) is 4.79 Å². The maximum atomic E-state index is 12.0. The predicted octanol–water partition coefficient (Wildman–Crippen LogP) is 5.28. The van der Waals surface area contributed by atoms with Gasteiger partial charge in [-0.3, -0.25) is 4.79 Å². The number of carbonyl (C=O) groups is 1. The Hall–Kier alpha value is -1.20. The number of hydrogen-bond acceptors (Lipinski definition) is 3. The first-order chi connectivity index (χ1) is 11.0. The molecule has 1 amide bonds. The van der Waals surface area contributed by atoms with Gasteiger partial charge in [0.2, 0.25) is 0 Å². The van der Waals surface area contributed by atoms with Crippen molar-refractivity contribution in [2.24, 2.45) is 5.10 Å². The van der Waals surface area contributed by atoms with Crippen molar-refractivity contribution in [1.29, 1.82) is 0 Å². The Morgan fingerprint density at radius 2 is 1.78 bits per heavy atom. The lowest BCUT2D eigenvalue weighted by Gasteiger charge is -2.09. The summed E-state index contributed by atoms with van der Waals surface area (Å²) in [4.78, 5) is 13.0. The van der Waals surface area contributed by atoms with Gasteiger partial charge in [-0.2, -0.15) is 5.10 Å². The van der Waals surface area contributed by atoms with Gasteiger partial charge in [-0.25, -0.2) is 5.43 Å². The van der Waals surface area contributed by atoms with E-state index < -0.39 is 0 Å². The second-order valence-corrected chi connectivity index (χ2v) is 7.31. The number of nitrogens with one attached hydrogen (secondary N) is 1. The van der Waals surface area contributed by atoms with E-state index in [4.69, 9.17) is 34.8 Å². The maximum absolute atomic E-state index is 12.0. The average Bonchev–Trinajstić information content (AvgIpc) is 2.51. The van der Waals surface area contributed by atoms with Crippen LogP contribution in [0.25, 0.3) is 0 Å². The average molecular weight is 388 g/mol. The summed E-state index contributed by atoms with van der Waals surface area (Å²) in [6, 6.07) is 12.4. The predicted molar refractivity (Wildman–Crippen MR) is 99.0 cm³/mol. The zero-order valence-electron chi connectivity index (χ0n) is 12.1. The summed E-state index contributed by atoms with van der Waals surface area (Å²) in [6.45, 7) is 1.80. The second-order valence-electron chi connectivity index (χ2n) is 4.61. The molecule has 23 heavy (non-hydrogen) atoms. The molecule has 0 aliphatic heterocycles.